The molecule has 0 aromatic heterocycles. The Kier molecular flexibility index (Phi) is 4.82. The molecule has 1 aliphatic carbocycles. The lowest BCUT2D eigenvalue weighted by Gasteiger charge is -1.99. The maximum atomic E-state index is 11.5. The van der Waals surface area contributed by atoms with Crippen LogP contribution in [0.5, 0.6) is 0 Å². The molecule has 0 spiro atoms. The van der Waals surface area contributed by atoms with Crippen LogP contribution in [-0.4, -0.2) is 24.3 Å². The van der Waals surface area contributed by atoms with Gasteiger partial charge in [-0.3, -0.25) is 4.79 Å². The average molecular weight is 212 g/mol. The van der Waals surface area contributed by atoms with Crippen LogP contribution in [0.15, 0.2) is 12.7 Å². The first-order valence-electron chi connectivity index (χ1n) is 5.64. The molecule has 0 aromatic carbocycles. The summed E-state index contributed by atoms with van der Waals surface area (Å²) in [6.45, 7) is 6.17. The molecule has 15 heavy (non-hydrogen) atoms. The van der Waals surface area contributed by atoms with Gasteiger partial charge in [0.2, 0.25) is 0 Å². The van der Waals surface area contributed by atoms with E-state index in [2.05, 4.69) is 6.58 Å². The van der Waals surface area contributed by atoms with Crippen molar-refractivity contribution in [3.8, 4) is 0 Å². The third-order valence-corrected chi connectivity index (χ3v) is 3.02. The predicted molar refractivity (Wildman–Crippen MR) is 58.2 cm³/mol. The fraction of sp³-hybridized carbons (Fsp3) is 0.750. The van der Waals surface area contributed by atoms with Gasteiger partial charge in [-0.05, 0) is 38.0 Å². The van der Waals surface area contributed by atoms with E-state index in [1.807, 2.05) is 13.0 Å². The molecule has 1 rings (SSSR count). The normalized spacial score (nSPS) is 28.5. The Hall–Kier alpha value is -0.830. The van der Waals surface area contributed by atoms with Gasteiger partial charge in [0.05, 0.1) is 12.5 Å². The molecule has 3 nitrogen and oxygen atoms in total. The van der Waals surface area contributed by atoms with Crippen LogP contribution in [0.4, 0.5) is 0 Å². The summed E-state index contributed by atoms with van der Waals surface area (Å²) in [7, 11) is 0. The van der Waals surface area contributed by atoms with Gasteiger partial charge in [0.25, 0.3) is 0 Å². The van der Waals surface area contributed by atoms with Crippen LogP contribution < -0.4 is 0 Å². The highest BCUT2D eigenvalue weighted by Gasteiger charge is 2.53. The molecule has 0 amide bonds. The second kappa shape index (κ2) is 5.91. The largest absolute Gasteiger partial charge is 0.466 e. The Morgan fingerprint density at radius 3 is 2.80 bits per heavy atom. The minimum atomic E-state index is -0.0766. The summed E-state index contributed by atoms with van der Waals surface area (Å²) in [5, 5.41) is 8.75. The lowest BCUT2D eigenvalue weighted by atomic mass is 10.1. The van der Waals surface area contributed by atoms with E-state index < -0.39 is 0 Å². The van der Waals surface area contributed by atoms with Gasteiger partial charge in [0.15, 0.2) is 0 Å². The Bertz CT molecular complexity index is 225. The van der Waals surface area contributed by atoms with Crippen LogP contribution in [0.25, 0.3) is 0 Å². The summed E-state index contributed by atoms with van der Waals surface area (Å²) >= 11 is 0. The van der Waals surface area contributed by atoms with E-state index in [0.29, 0.717) is 18.4 Å². The van der Waals surface area contributed by atoms with Crippen LogP contribution in [0.3, 0.4) is 0 Å². The maximum Gasteiger partial charge on any atom is 0.309 e. The van der Waals surface area contributed by atoms with Gasteiger partial charge in [-0.1, -0.05) is 6.08 Å². The van der Waals surface area contributed by atoms with Crippen molar-refractivity contribution in [2.75, 3.05) is 13.2 Å². The smallest absolute Gasteiger partial charge is 0.309 e. The van der Waals surface area contributed by atoms with Crippen LogP contribution in [0.1, 0.15) is 26.2 Å². The highest BCUT2D eigenvalue weighted by molar-refractivity contribution is 5.76. The minimum absolute atomic E-state index is 0.0505. The molecule has 3 heteroatoms. The lowest BCUT2D eigenvalue weighted by Crippen LogP contribution is -2.08. The van der Waals surface area contributed by atoms with Gasteiger partial charge < -0.3 is 9.84 Å². The number of ether oxygens (including phenoxy) is 1. The zero-order valence-electron chi connectivity index (χ0n) is 9.32. The molecule has 3 atom stereocenters. The van der Waals surface area contributed by atoms with Crippen LogP contribution >= 0.6 is 0 Å². The number of rotatable bonds is 7. The van der Waals surface area contributed by atoms with Gasteiger partial charge in [-0.25, -0.2) is 0 Å². The first kappa shape index (κ1) is 12.2. The minimum Gasteiger partial charge on any atom is -0.466 e. The van der Waals surface area contributed by atoms with Crippen molar-refractivity contribution in [3.63, 3.8) is 0 Å². The van der Waals surface area contributed by atoms with Crippen LogP contribution in [-0.2, 0) is 9.53 Å². The van der Waals surface area contributed by atoms with Crippen molar-refractivity contribution in [2.45, 2.75) is 26.2 Å². The van der Waals surface area contributed by atoms with Gasteiger partial charge >= 0.3 is 5.97 Å². The number of carbonyl (C=O) groups excluding carboxylic acids is 1. The third kappa shape index (κ3) is 3.06. The molecule has 0 radical (unpaired) electrons. The van der Waals surface area contributed by atoms with E-state index in [4.69, 9.17) is 9.84 Å². The molecule has 0 bridgehead atoms. The fourth-order valence-corrected chi connectivity index (χ4v) is 2.27. The summed E-state index contributed by atoms with van der Waals surface area (Å²) in [5.74, 6) is 0.768. The summed E-state index contributed by atoms with van der Waals surface area (Å²) in [4.78, 5) is 11.5. The number of carbonyl (C=O) groups is 1. The van der Waals surface area contributed by atoms with Crippen molar-refractivity contribution >= 4 is 5.97 Å². The molecule has 0 saturated heterocycles. The van der Waals surface area contributed by atoms with E-state index in [9.17, 15) is 4.79 Å². The molecule has 1 saturated carbocycles. The monoisotopic (exact) mass is 212 g/mol. The van der Waals surface area contributed by atoms with Gasteiger partial charge in [0.1, 0.15) is 0 Å². The Morgan fingerprint density at radius 2 is 2.27 bits per heavy atom. The molecule has 0 aromatic rings. The topological polar surface area (TPSA) is 46.5 Å². The summed E-state index contributed by atoms with van der Waals surface area (Å²) in [6, 6.07) is 0. The number of allylic oxidation sites excluding steroid dienone is 1. The van der Waals surface area contributed by atoms with E-state index in [-0.39, 0.29) is 18.5 Å². The molecule has 0 heterocycles. The number of esters is 1. The molecular formula is C12H20O3. The van der Waals surface area contributed by atoms with Crippen LogP contribution in [0.2, 0.25) is 0 Å². The zero-order chi connectivity index (χ0) is 11.3. The van der Waals surface area contributed by atoms with Crippen molar-refractivity contribution < 1.29 is 14.6 Å². The molecule has 86 valence electrons. The summed E-state index contributed by atoms with van der Waals surface area (Å²) in [6.07, 6.45) is 4.42. The first-order chi connectivity index (χ1) is 7.26. The fourth-order valence-electron chi connectivity index (χ4n) is 2.27. The number of hydrogen-bond donors (Lipinski definition) is 1. The maximum absolute atomic E-state index is 11.5. The summed E-state index contributed by atoms with van der Waals surface area (Å²) < 4.78 is 5.02. The quantitative estimate of drug-likeness (QED) is 0.516. The highest BCUT2D eigenvalue weighted by Crippen LogP contribution is 2.52. The average Bonchev–Trinajstić information content (AvgIpc) is 2.89. The Balaban J connectivity index is 2.41. The molecule has 1 fully saturated rings. The van der Waals surface area contributed by atoms with E-state index in [1.165, 1.54) is 0 Å². The standard InChI is InChI=1S/C12H20O3/c1-3-6-9-10(7-5-8-13)11(9)12(14)15-4-2/h3,9-11,13H,1,4-8H2,2H3/t9-,10-,11-/m1/s1. The van der Waals surface area contributed by atoms with Crippen LogP contribution in [0, 0.1) is 17.8 Å². The molecule has 1 aliphatic rings. The van der Waals surface area contributed by atoms with E-state index >= 15 is 0 Å². The lowest BCUT2D eigenvalue weighted by molar-refractivity contribution is -0.145. The van der Waals surface area contributed by atoms with Gasteiger partial charge in [-0.15, -0.1) is 6.58 Å². The van der Waals surface area contributed by atoms with Crippen molar-refractivity contribution in [2.24, 2.45) is 17.8 Å². The van der Waals surface area contributed by atoms with Crippen molar-refractivity contribution in [1.29, 1.82) is 0 Å². The highest BCUT2D eigenvalue weighted by atomic mass is 16.5. The molecular weight excluding hydrogens is 192 g/mol. The zero-order valence-corrected chi connectivity index (χ0v) is 9.32. The van der Waals surface area contributed by atoms with Crippen molar-refractivity contribution in [1.82, 2.24) is 0 Å². The Labute approximate surface area is 91.1 Å². The summed E-state index contributed by atoms with van der Waals surface area (Å²) in [5.41, 5.74) is 0. The number of hydrogen-bond acceptors (Lipinski definition) is 3. The number of aliphatic hydroxyl groups excluding tert-OH is 1. The van der Waals surface area contributed by atoms with Crippen molar-refractivity contribution in [3.05, 3.63) is 12.7 Å². The molecule has 0 aliphatic heterocycles. The Morgan fingerprint density at radius 1 is 1.53 bits per heavy atom. The second-order valence-corrected chi connectivity index (χ2v) is 4.00. The van der Waals surface area contributed by atoms with Gasteiger partial charge in [0, 0.05) is 6.61 Å². The van der Waals surface area contributed by atoms with Gasteiger partial charge in [-0.2, -0.15) is 0 Å². The number of aliphatic hydroxyl groups is 1. The molecule has 1 N–H and O–H groups in total. The second-order valence-electron chi connectivity index (χ2n) is 4.00. The third-order valence-electron chi connectivity index (χ3n) is 3.02. The predicted octanol–water partition coefficient (Wildman–Crippen LogP) is 1.76. The van der Waals surface area contributed by atoms with E-state index in [0.717, 1.165) is 19.3 Å². The first-order valence-corrected chi connectivity index (χ1v) is 5.64. The SMILES string of the molecule is C=CC[C@@H]1[C@@H](CCCO)[C@@H]1C(=O)OCC. The molecule has 0 unspecified atom stereocenters. The van der Waals surface area contributed by atoms with E-state index in [1.54, 1.807) is 0 Å².